The number of halogens is 1. The lowest BCUT2D eigenvalue weighted by atomic mass is 10.2. The van der Waals surface area contributed by atoms with Gasteiger partial charge in [0.1, 0.15) is 11.4 Å². The molecular formula is C19H19BrN4O2. The summed E-state index contributed by atoms with van der Waals surface area (Å²) in [6.07, 6.45) is 1.71. The van der Waals surface area contributed by atoms with Gasteiger partial charge in [0, 0.05) is 22.8 Å². The predicted octanol–water partition coefficient (Wildman–Crippen LogP) is 3.63. The van der Waals surface area contributed by atoms with Crippen molar-refractivity contribution in [1.82, 2.24) is 15.0 Å². The van der Waals surface area contributed by atoms with Crippen LogP contribution in [0.1, 0.15) is 17.5 Å². The molecule has 1 aromatic heterocycles. The summed E-state index contributed by atoms with van der Waals surface area (Å²) in [7, 11) is 1.67. The van der Waals surface area contributed by atoms with Gasteiger partial charge < -0.3 is 14.4 Å². The van der Waals surface area contributed by atoms with Crippen LogP contribution in [0.3, 0.4) is 0 Å². The Kier molecular flexibility index (Phi) is 4.90. The molecule has 4 rings (SSSR count). The molecule has 0 saturated carbocycles. The minimum atomic E-state index is -0.238. The van der Waals surface area contributed by atoms with Crippen molar-refractivity contribution in [2.45, 2.75) is 12.8 Å². The summed E-state index contributed by atoms with van der Waals surface area (Å²) >= 11 is 3.50. The second kappa shape index (κ2) is 7.47. The van der Waals surface area contributed by atoms with Crippen LogP contribution in [0, 0.1) is 0 Å². The molecule has 0 radical (unpaired) electrons. The third kappa shape index (κ3) is 3.59. The van der Waals surface area contributed by atoms with E-state index in [0.29, 0.717) is 13.2 Å². The number of hydrogen-bond acceptors (Lipinski definition) is 5. The summed E-state index contributed by atoms with van der Waals surface area (Å²) in [6.45, 7) is 2.12. The maximum Gasteiger partial charge on any atom is 0.177 e. The lowest BCUT2D eigenvalue weighted by Gasteiger charge is -2.23. The number of ether oxygens (including phenoxy) is 2. The van der Waals surface area contributed by atoms with E-state index in [2.05, 4.69) is 49.3 Å². The molecule has 7 heteroatoms. The average Bonchev–Trinajstić information content (AvgIpc) is 3.31. The lowest BCUT2D eigenvalue weighted by molar-refractivity contribution is 0.110. The van der Waals surface area contributed by atoms with Crippen molar-refractivity contribution in [3.05, 3.63) is 70.5 Å². The zero-order valence-electron chi connectivity index (χ0n) is 14.4. The lowest BCUT2D eigenvalue weighted by Crippen LogP contribution is -2.23. The summed E-state index contributed by atoms with van der Waals surface area (Å²) in [5, 5.41) is 8.61. The molecule has 1 aliphatic heterocycles. The van der Waals surface area contributed by atoms with Gasteiger partial charge in [-0.2, -0.15) is 0 Å². The van der Waals surface area contributed by atoms with E-state index in [1.165, 1.54) is 0 Å². The van der Waals surface area contributed by atoms with Crippen molar-refractivity contribution in [1.29, 1.82) is 0 Å². The number of anilines is 1. The topological polar surface area (TPSA) is 52.4 Å². The van der Waals surface area contributed by atoms with Crippen LogP contribution in [-0.4, -0.2) is 35.3 Å². The number of rotatable bonds is 5. The molecule has 6 nitrogen and oxygen atoms in total. The minimum absolute atomic E-state index is 0.238. The molecule has 1 saturated heterocycles. The third-order valence-electron chi connectivity index (χ3n) is 4.32. The third-order valence-corrected chi connectivity index (χ3v) is 4.81. The first-order valence-corrected chi connectivity index (χ1v) is 9.19. The van der Waals surface area contributed by atoms with Gasteiger partial charge in [0.05, 0.1) is 26.5 Å². The summed E-state index contributed by atoms with van der Waals surface area (Å²) in [4.78, 5) is 2.18. The van der Waals surface area contributed by atoms with Gasteiger partial charge >= 0.3 is 0 Å². The fourth-order valence-electron chi connectivity index (χ4n) is 3.09. The molecule has 134 valence electrons. The highest BCUT2D eigenvalue weighted by Gasteiger charge is 2.29. The van der Waals surface area contributed by atoms with Crippen molar-refractivity contribution in [2.24, 2.45) is 0 Å². The molecule has 0 amide bonds. The summed E-state index contributed by atoms with van der Waals surface area (Å²) in [6, 6.07) is 16.1. The molecule has 2 aromatic carbocycles. The Morgan fingerprint density at radius 1 is 1.23 bits per heavy atom. The van der Waals surface area contributed by atoms with Crippen molar-refractivity contribution >= 4 is 21.6 Å². The van der Waals surface area contributed by atoms with Crippen LogP contribution in [-0.2, 0) is 11.3 Å². The number of hydrogen-bond donors (Lipinski definition) is 0. The molecule has 2 heterocycles. The molecule has 1 atom stereocenters. The van der Waals surface area contributed by atoms with E-state index in [1.54, 1.807) is 7.11 Å². The van der Waals surface area contributed by atoms with Gasteiger partial charge in [-0.1, -0.05) is 39.3 Å². The van der Waals surface area contributed by atoms with Crippen molar-refractivity contribution in [3.63, 3.8) is 0 Å². The second-order valence-corrected chi connectivity index (χ2v) is 7.00. The Hall–Kier alpha value is -2.38. The van der Waals surface area contributed by atoms with Crippen LogP contribution in [0.2, 0.25) is 0 Å². The van der Waals surface area contributed by atoms with E-state index in [9.17, 15) is 0 Å². The highest BCUT2D eigenvalue weighted by molar-refractivity contribution is 9.10. The Morgan fingerprint density at radius 2 is 2.12 bits per heavy atom. The molecule has 0 N–H and O–H groups in total. The van der Waals surface area contributed by atoms with Crippen molar-refractivity contribution in [2.75, 3.05) is 25.2 Å². The molecular weight excluding hydrogens is 396 g/mol. The van der Waals surface area contributed by atoms with Gasteiger partial charge in [-0.25, -0.2) is 4.68 Å². The Balaban J connectivity index is 1.54. The molecule has 1 aliphatic rings. The quantitative estimate of drug-likeness (QED) is 0.637. The van der Waals surface area contributed by atoms with Gasteiger partial charge in [-0.3, -0.25) is 0 Å². The fraction of sp³-hybridized carbons (Fsp3) is 0.263. The first kappa shape index (κ1) is 17.1. The average molecular weight is 415 g/mol. The maximum absolute atomic E-state index is 5.92. The van der Waals surface area contributed by atoms with Crippen LogP contribution in [0.15, 0.2) is 59.2 Å². The Labute approximate surface area is 160 Å². The zero-order valence-corrected chi connectivity index (χ0v) is 16.0. The van der Waals surface area contributed by atoms with Crippen LogP contribution < -0.4 is 9.64 Å². The Morgan fingerprint density at radius 3 is 2.96 bits per heavy atom. The van der Waals surface area contributed by atoms with E-state index in [4.69, 9.17) is 9.47 Å². The molecule has 0 unspecified atom stereocenters. The number of benzene rings is 2. The number of methoxy groups -OCH3 is 1. The first-order valence-electron chi connectivity index (χ1n) is 8.40. The normalized spacial score (nSPS) is 16.8. The molecule has 1 fully saturated rings. The fourth-order valence-corrected chi connectivity index (χ4v) is 3.54. The highest BCUT2D eigenvalue weighted by Crippen LogP contribution is 2.32. The van der Waals surface area contributed by atoms with Gasteiger partial charge in [-0.05, 0) is 29.8 Å². The summed E-state index contributed by atoms with van der Waals surface area (Å²) < 4.78 is 14.1. The standard InChI is InChI=1S/C19H19BrN4O2/c1-25-17-7-3-6-16(11-17)24-8-9-26-19(24)18-13-23(22-21-18)12-14-4-2-5-15(20)10-14/h2-7,10-11,13,19H,8-9,12H2,1H3/t19-/m0/s1. The highest BCUT2D eigenvalue weighted by atomic mass is 79.9. The monoisotopic (exact) mass is 414 g/mol. The van der Waals surface area contributed by atoms with Crippen LogP contribution in [0.5, 0.6) is 5.75 Å². The van der Waals surface area contributed by atoms with Gasteiger partial charge in [0.25, 0.3) is 0 Å². The van der Waals surface area contributed by atoms with Crippen LogP contribution >= 0.6 is 15.9 Å². The molecule has 26 heavy (non-hydrogen) atoms. The van der Waals surface area contributed by atoms with Gasteiger partial charge in [0.15, 0.2) is 6.23 Å². The largest absolute Gasteiger partial charge is 0.497 e. The van der Waals surface area contributed by atoms with E-state index < -0.39 is 0 Å². The van der Waals surface area contributed by atoms with Gasteiger partial charge in [0.2, 0.25) is 0 Å². The molecule has 0 aliphatic carbocycles. The number of nitrogens with zero attached hydrogens (tertiary/aromatic N) is 4. The molecule has 3 aromatic rings. The second-order valence-electron chi connectivity index (χ2n) is 6.09. The maximum atomic E-state index is 5.92. The zero-order chi connectivity index (χ0) is 17.9. The predicted molar refractivity (Wildman–Crippen MR) is 102 cm³/mol. The minimum Gasteiger partial charge on any atom is -0.497 e. The number of aromatic nitrogens is 3. The molecule has 0 bridgehead atoms. The SMILES string of the molecule is COc1cccc(N2CCO[C@H]2c2cn(Cc3cccc(Br)c3)nn2)c1. The first-order chi connectivity index (χ1) is 12.7. The van der Waals surface area contributed by atoms with E-state index in [-0.39, 0.29) is 6.23 Å². The van der Waals surface area contributed by atoms with E-state index >= 15 is 0 Å². The van der Waals surface area contributed by atoms with Crippen molar-refractivity contribution < 1.29 is 9.47 Å². The van der Waals surface area contributed by atoms with E-state index in [1.807, 2.05) is 41.2 Å². The van der Waals surface area contributed by atoms with E-state index in [0.717, 1.165) is 33.7 Å². The van der Waals surface area contributed by atoms with Crippen LogP contribution in [0.4, 0.5) is 5.69 Å². The van der Waals surface area contributed by atoms with Crippen molar-refractivity contribution in [3.8, 4) is 5.75 Å². The van der Waals surface area contributed by atoms with Gasteiger partial charge in [-0.15, -0.1) is 5.10 Å². The molecule has 0 spiro atoms. The smallest absolute Gasteiger partial charge is 0.177 e. The van der Waals surface area contributed by atoms with Crippen LogP contribution in [0.25, 0.3) is 0 Å². The Bertz CT molecular complexity index is 899. The summed E-state index contributed by atoms with van der Waals surface area (Å²) in [5.74, 6) is 0.825. The summed E-state index contributed by atoms with van der Waals surface area (Å²) in [5.41, 5.74) is 3.02.